The third-order valence-corrected chi connectivity index (χ3v) is 4.42. The molecule has 1 aliphatic carbocycles. The Morgan fingerprint density at radius 1 is 1.26 bits per heavy atom. The summed E-state index contributed by atoms with van der Waals surface area (Å²) in [6.07, 6.45) is 2.58. The Morgan fingerprint density at radius 3 is 2.63 bits per heavy atom. The minimum absolute atomic E-state index is 0.0209. The topological polar surface area (TPSA) is 29.5 Å². The van der Waals surface area contributed by atoms with Crippen LogP contribution in [0.3, 0.4) is 0 Å². The molecule has 1 heterocycles. The van der Waals surface area contributed by atoms with Crippen molar-refractivity contribution in [2.75, 3.05) is 20.2 Å². The van der Waals surface area contributed by atoms with E-state index in [-0.39, 0.29) is 11.9 Å². The van der Waals surface area contributed by atoms with Gasteiger partial charge in [-0.15, -0.1) is 0 Å². The van der Waals surface area contributed by atoms with Crippen molar-refractivity contribution >= 4 is 5.97 Å². The lowest BCUT2D eigenvalue weighted by Crippen LogP contribution is -2.25. The van der Waals surface area contributed by atoms with Gasteiger partial charge in [0.15, 0.2) is 0 Å². The predicted molar refractivity (Wildman–Crippen MR) is 73.4 cm³/mol. The van der Waals surface area contributed by atoms with Crippen molar-refractivity contribution in [3.05, 3.63) is 35.9 Å². The van der Waals surface area contributed by atoms with Gasteiger partial charge in [-0.25, -0.2) is 0 Å². The minimum Gasteiger partial charge on any atom is -0.469 e. The lowest BCUT2D eigenvalue weighted by atomic mass is 9.92. The SMILES string of the molecule is COC(=O)[C@H]1CN(Cc2ccccc2)C[C@@H]1C1CC1. The van der Waals surface area contributed by atoms with Crippen LogP contribution in [0.2, 0.25) is 0 Å². The highest BCUT2D eigenvalue weighted by Gasteiger charge is 2.45. The lowest BCUT2D eigenvalue weighted by molar-refractivity contribution is -0.146. The molecule has 0 unspecified atom stereocenters. The van der Waals surface area contributed by atoms with E-state index in [0.717, 1.165) is 25.6 Å². The van der Waals surface area contributed by atoms with E-state index >= 15 is 0 Å². The number of rotatable bonds is 4. The van der Waals surface area contributed by atoms with E-state index in [1.54, 1.807) is 0 Å². The van der Waals surface area contributed by atoms with Gasteiger partial charge in [0.25, 0.3) is 0 Å². The van der Waals surface area contributed by atoms with Crippen LogP contribution in [0, 0.1) is 17.8 Å². The Hall–Kier alpha value is -1.35. The average Bonchev–Trinajstić information content (AvgIpc) is 3.21. The summed E-state index contributed by atoms with van der Waals surface area (Å²) in [6, 6.07) is 10.5. The van der Waals surface area contributed by atoms with Gasteiger partial charge in [-0.05, 0) is 30.2 Å². The Kier molecular flexibility index (Phi) is 3.56. The van der Waals surface area contributed by atoms with Crippen molar-refractivity contribution in [1.29, 1.82) is 0 Å². The first-order chi connectivity index (χ1) is 9.28. The van der Waals surface area contributed by atoms with E-state index in [9.17, 15) is 4.79 Å². The van der Waals surface area contributed by atoms with Crippen molar-refractivity contribution in [2.45, 2.75) is 19.4 Å². The van der Waals surface area contributed by atoms with Gasteiger partial charge in [-0.2, -0.15) is 0 Å². The molecule has 0 amide bonds. The average molecular weight is 259 g/mol. The molecule has 0 aromatic heterocycles. The molecule has 3 nitrogen and oxygen atoms in total. The quantitative estimate of drug-likeness (QED) is 0.777. The second-order valence-corrected chi connectivity index (χ2v) is 5.81. The van der Waals surface area contributed by atoms with E-state index in [1.807, 2.05) is 6.07 Å². The van der Waals surface area contributed by atoms with Gasteiger partial charge in [0.2, 0.25) is 0 Å². The Labute approximate surface area is 114 Å². The fourth-order valence-electron chi connectivity index (χ4n) is 3.29. The first kappa shape index (κ1) is 12.7. The molecule has 0 spiro atoms. The Morgan fingerprint density at radius 2 is 2.00 bits per heavy atom. The molecule has 1 aromatic rings. The number of hydrogen-bond donors (Lipinski definition) is 0. The first-order valence-electron chi connectivity index (χ1n) is 7.12. The van der Waals surface area contributed by atoms with Gasteiger partial charge >= 0.3 is 5.97 Å². The second kappa shape index (κ2) is 5.33. The molecule has 1 saturated heterocycles. The molecule has 0 bridgehead atoms. The molecule has 1 saturated carbocycles. The smallest absolute Gasteiger partial charge is 0.310 e. The molecule has 2 aliphatic rings. The summed E-state index contributed by atoms with van der Waals surface area (Å²) in [6.45, 7) is 2.83. The molecule has 102 valence electrons. The molecule has 0 radical (unpaired) electrons. The number of carbonyl (C=O) groups excluding carboxylic acids is 1. The maximum absolute atomic E-state index is 11.9. The lowest BCUT2D eigenvalue weighted by Gasteiger charge is -2.15. The Bertz CT molecular complexity index is 441. The normalized spacial score (nSPS) is 27.4. The number of methoxy groups -OCH3 is 1. The summed E-state index contributed by atoms with van der Waals surface area (Å²) >= 11 is 0. The van der Waals surface area contributed by atoms with Crippen LogP contribution in [0.4, 0.5) is 0 Å². The number of carbonyl (C=O) groups is 1. The van der Waals surface area contributed by atoms with Crippen molar-refractivity contribution in [3.8, 4) is 0 Å². The van der Waals surface area contributed by atoms with Crippen LogP contribution in [0.15, 0.2) is 30.3 Å². The third-order valence-electron chi connectivity index (χ3n) is 4.42. The summed E-state index contributed by atoms with van der Waals surface area (Å²) in [5.74, 6) is 1.33. The molecular weight excluding hydrogens is 238 g/mol. The van der Waals surface area contributed by atoms with Crippen molar-refractivity contribution in [2.24, 2.45) is 17.8 Å². The van der Waals surface area contributed by atoms with Crippen LogP contribution in [-0.4, -0.2) is 31.1 Å². The van der Waals surface area contributed by atoms with Gasteiger partial charge < -0.3 is 4.74 Å². The summed E-state index contributed by atoms with van der Waals surface area (Å²) in [5.41, 5.74) is 1.32. The van der Waals surface area contributed by atoms with E-state index in [1.165, 1.54) is 25.5 Å². The molecule has 1 aromatic carbocycles. The first-order valence-corrected chi connectivity index (χ1v) is 7.12. The van der Waals surface area contributed by atoms with Gasteiger partial charge in [0, 0.05) is 19.6 Å². The summed E-state index contributed by atoms with van der Waals surface area (Å²) in [7, 11) is 1.51. The van der Waals surface area contributed by atoms with Gasteiger partial charge in [0.1, 0.15) is 0 Å². The molecule has 1 aliphatic heterocycles. The Balaban J connectivity index is 1.66. The maximum Gasteiger partial charge on any atom is 0.310 e. The van der Waals surface area contributed by atoms with E-state index < -0.39 is 0 Å². The molecule has 2 atom stereocenters. The number of hydrogen-bond acceptors (Lipinski definition) is 3. The molecule has 3 rings (SSSR count). The van der Waals surface area contributed by atoms with Gasteiger partial charge in [-0.1, -0.05) is 30.3 Å². The molecular formula is C16H21NO2. The largest absolute Gasteiger partial charge is 0.469 e. The number of ether oxygens (including phenoxy) is 1. The zero-order chi connectivity index (χ0) is 13.2. The number of esters is 1. The fraction of sp³-hybridized carbons (Fsp3) is 0.562. The van der Waals surface area contributed by atoms with E-state index in [0.29, 0.717) is 5.92 Å². The van der Waals surface area contributed by atoms with Crippen LogP contribution >= 0.6 is 0 Å². The standard InChI is InChI=1S/C16H21NO2/c1-19-16(18)15-11-17(10-14(15)13-7-8-13)9-12-5-3-2-4-6-12/h2-6,13-15H,7-11H2,1H3/t14-,15+/m1/s1. The number of benzene rings is 1. The summed E-state index contributed by atoms with van der Waals surface area (Å²) in [4.78, 5) is 14.3. The second-order valence-electron chi connectivity index (χ2n) is 5.81. The monoisotopic (exact) mass is 259 g/mol. The zero-order valence-corrected chi connectivity index (χ0v) is 11.4. The fourth-order valence-corrected chi connectivity index (χ4v) is 3.29. The highest BCUT2D eigenvalue weighted by molar-refractivity contribution is 5.73. The molecule has 3 heteroatoms. The zero-order valence-electron chi connectivity index (χ0n) is 11.4. The summed E-state index contributed by atoms with van der Waals surface area (Å²) in [5, 5.41) is 0. The number of likely N-dealkylation sites (tertiary alicyclic amines) is 1. The van der Waals surface area contributed by atoms with Crippen LogP contribution in [0.1, 0.15) is 18.4 Å². The summed E-state index contributed by atoms with van der Waals surface area (Å²) < 4.78 is 4.98. The van der Waals surface area contributed by atoms with Crippen LogP contribution in [0.25, 0.3) is 0 Å². The predicted octanol–water partition coefficient (Wildman–Crippen LogP) is 2.32. The van der Waals surface area contributed by atoms with Crippen molar-refractivity contribution in [1.82, 2.24) is 4.90 Å². The van der Waals surface area contributed by atoms with Crippen molar-refractivity contribution < 1.29 is 9.53 Å². The van der Waals surface area contributed by atoms with E-state index in [4.69, 9.17) is 4.74 Å². The minimum atomic E-state index is -0.0209. The highest BCUT2D eigenvalue weighted by atomic mass is 16.5. The number of nitrogens with zero attached hydrogens (tertiary/aromatic N) is 1. The highest BCUT2D eigenvalue weighted by Crippen LogP contribution is 2.44. The molecule has 0 N–H and O–H groups in total. The maximum atomic E-state index is 11.9. The van der Waals surface area contributed by atoms with Crippen LogP contribution in [0.5, 0.6) is 0 Å². The van der Waals surface area contributed by atoms with Crippen molar-refractivity contribution in [3.63, 3.8) is 0 Å². The van der Waals surface area contributed by atoms with Gasteiger partial charge in [0.05, 0.1) is 13.0 Å². The van der Waals surface area contributed by atoms with E-state index in [2.05, 4.69) is 29.2 Å². The third kappa shape index (κ3) is 2.81. The van der Waals surface area contributed by atoms with Crippen LogP contribution in [-0.2, 0) is 16.1 Å². The van der Waals surface area contributed by atoms with Gasteiger partial charge in [-0.3, -0.25) is 9.69 Å². The molecule has 19 heavy (non-hydrogen) atoms. The van der Waals surface area contributed by atoms with Crippen LogP contribution < -0.4 is 0 Å². The molecule has 2 fully saturated rings.